The van der Waals surface area contributed by atoms with E-state index in [9.17, 15) is 0 Å². The highest BCUT2D eigenvalue weighted by Gasteiger charge is 2.41. The molecule has 2 aromatic rings. The number of benzene rings is 2. The molecule has 2 heterocycles. The molecular weight excluding hydrogens is 296 g/mol. The van der Waals surface area contributed by atoms with Gasteiger partial charge in [0.2, 0.25) is 0 Å². The van der Waals surface area contributed by atoms with Crippen LogP contribution < -0.4 is 4.74 Å². The molecule has 0 N–H and O–H groups in total. The van der Waals surface area contributed by atoms with Crippen LogP contribution in [0.4, 0.5) is 0 Å². The van der Waals surface area contributed by atoms with E-state index >= 15 is 0 Å². The highest BCUT2D eigenvalue weighted by molar-refractivity contribution is 6.02. The van der Waals surface area contributed by atoms with Gasteiger partial charge in [-0.1, -0.05) is 63.2 Å². The third kappa shape index (κ3) is 2.48. The molecule has 3 heteroatoms. The van der Waals surface area contributed by atoms with E-state index in [2.05, 4.69) is 68.2 Å². The van der Waals surface area contributed by atoms with Gasteiger partial charge in [-0.2, -0.15) is 5.10 Å². The Labute approximate surface area is 144 Å². The minimum atomic E-state index is -0.00249. The molecule has 124 valence electrons. The summed E-state index contributed by atoms with van der Waals surface area (Å²) in [5.74, 6) is 1.39. The summed E-state index contributed by atoms with van der Waals surface area (Å²) >= 11 is 0. The van der Waals surface area contributed by atoms with Crippen molar-refractivity contribution in [3.05, 3.63) is 65.2 Å². The standard InChI is InChI=1S/C21H24N2O/c1-4-15-9-11-16(12-10-15)18-13-19-17-7-5-6-8-20(17)24-21(14(2)3)23(19)22-18/h5-12,14,19,21H,4,13H2,1-3H3/t19-,21-/m1/s1. The molecule has 4 rings (SSSR count). The number of hydrogen-bond acceptors (Lipinski definition) is 3. The van der Waals surface area contributed by atoms with E-state index in [1.807, 2.05) is 6.07 Å². The molecule has 0 fully saturated rings. The summed E-state index contributed by atoms with van der Waals surface area (Å²) in [5.41, 5.74) is 5.00. The fourth-order valence-corrected chi connectivity index (χ4v) is 3.61. The predicted octanol–water partition coefficient (Wildman–Crippen LogP) is 4.77. The lowest BCUT2D eigenvalue weighted by molar-refractivity contribution is -0.0461. The van der Waals surface area contributed by atoms with Gasteiger partial charge in [-0.15, -0.1) is 0 Å². The maximum atomic E-state index is 6.25. The molecule has 0 radical (unpaired) electrons. The Kier molecular flexibility index (Phi) is 3.79. The van der Waals surface area contributed by atoms with Crippen LogP contribution in [0.15, 0.2) is 53.6 Å². The summed E-state index contributed by atoms with van der Waals surface area (Å²) in [7, 11) is 0. The van der Waals surface area contributed by atoms with Crippen LogP contribution in [0.1, 0.15) is 49.9 Å². The average Bonchev–Trinajstić information content (AvgIpc) is 3.06. The zero-order chi connectivity index (χ0) is 16.7. The Morgan fingerprint density at radius 3 is 2.58 bits per heavy atom. The Morgan fingerprint density at radius 2 is 1.88 bits per heavy atom. The van der Waals surface area contributed by atoms with Crippen molar-refractivity contribution in [3.8, 4) is 5.75 Å². The van der Waals surface area contributed by atoms with E-state index in [1.165, 1.54) is 16.7 Å². The highest BCUT2D eigenvalue weighted by Crippen LogP contribution is 2.44. The molecule has 3 nitrogen and oxygen atoms in total. The van der Waals surface area contributed by atoms with Crippen molar-refractivity contribution in [2.24, 2.45) is 11.0 Å². The zero-order valence-corrected chi connectivity index (χ0v) is 14.6. The van der Waals surface area contributed by atoms with Crippen molar-refractivity contribution in [2.45, 2.75) is 45.9 Å². The highest BCUT2D eigenvalue weighted by atomic mass is 16.5. The minimum Gasteiger partial charge on any atom is -0.468 e. The fraction of sp³-hybridized carbons (Fsp3) is 0.381. The average molecular weight is 320 g/mol. The van der Waals surface area contributed by atoms with Gasteiger partial charge in [0, 0.05) is 17.9 Å². The monoisotopic (exact) mass is 320 g/mol. The molecule has 0 amide bonds. The number of hydrazone groups is 1. The molecule has 2 aliphatic heterocycles. The van der Waals surface area contributed by atoms with Crippen molar-refractivity contribution in [1.29, 1.82) is 0 Å². The Morgan fingerprint density at radius 1 is 1.12 bits per heavy atom. The smallest absolute Gasteiger partial charge is 0.190 e. The first-order valence-electron chi connectivity index (χ1n) is 8.88. The number of aryl methyl sites for hydroxylation is 1. The van der Waals surface area contributed by atoms with Crippen LogP contribution in [0.3, 0.4) is 0 Å². The van der Waals surface area contributed by atoms with Crippen molar-refractivity contribution >= 4 is 5.71 Å². The fourth-order valence-electron chi connectivity index (χ4n) is 3.61. The summed E-state index contributed by atoms with van der Waals surface area (Å²) in [6.45, 7) is 6.57. The second-order valence-electron chi connectivity index (χ2n) is 6.99. The van der Waals surface area contributed by atoms with Gasteiger partial charge in [-0.05, 0) is 23.6 Å². The topological polar surface area (TPSA) is 24.8 Å². The SMILES string of the molecule is CCc1ccc(C2=NN3[C@H](C2)c2ccccc2O[C@@H]3C(C)C)cc1. The van der Waals surface area contributed by atoms with Crippen LogP contribution >= 0.6 is 0 Å². The van der Waals surface area contributed by atoms with Crippen LogP contribution in [0.5, 0.6) is 5.75 Å². The molecule has 0 aromatic heterocycles. The van der Waals surface area contributed by atoms with Crippen molar-refractivity contribution in [2.75, 3.05) is 0 Å². The third-order valence-corrected chi connectivity index (χ3v) is 4.99. The van der Waals surface area contributed by atoms with E-state index in [1.54, 1.807) is 0 Å². The van der Waals surface area contributed by atoms with Gasteiger partial charge in [-0.25, -0.2) is 5.01 Å². The summed E-state index contributed by atoms with van der Waals surface area (Å²) in [4.78, 5) is 0. The van der Waals surface area contributed by atoms with Crippen molar-refractivity contribution in [1.82, 2.24) is 5.01 Å². The Bertz CT molecular complexity index is 764. The summed E-state index contributed by atoms with van der Waals surface area (Å²) in [6.07, 6.45) is 2.00. The van der Waals surface area contributed by atoms with Gasteiger partial charge in [0.05, 0.1) is 11.8 Å². The van der Waals surface area contributed by atoms with Crippen LogP contribution in [-0.2, 0) is 6.42 Å². The first-order valence-corrected chi connectivity index (χ1v) is 8.88. The zero-order valence-electron chi connectivity index (χ0n) is 14.6. The minimum absolute atomic E-state index is 0.00249. The van der Waals surface area contributed by atoms with E-state index in [0.29, 0.717) is 5.92 Å². The summed E-state index contributed by atoms with van der Waals surface area (Å²) in [6, 6.07) is 17.5. The molecule has 0 saturated carbocycles. The maximum absolute atomic E-state index is 6.25. The number of ether oxygens (including phenoxy) is 1. The van der Waals surface area contributed by atoms with Crippen LogP contribution in [0, 0.1) is 5.92 Å². The first-order chi connectivity index (χ1) is 11.7. The Hall–Kier alpha value is -2.29. The van der Waals surface area contributed by atoms with Gasteiger partial charge < -0.3 is 4.74 Å². The molecule has 0 saturated heterocycles. The molecule has 0 bridgehead atoms. The van der Waals surface area contributed by atoms with E-state index in [4.69, 9.17) is 9.84 Å². The molecule has 2 atom stereocenters. The molecule has 24 heavy (non-hydrogen) atoms. The third-order valence-electron chi connectivity index (χ3n) is 4.99. The van der Waals surface area contributed by atoms with Crippen LogP contribution in [-0.4, -0.2) is 16.9 Å². The predicted molar refractivity (Wildman–Crippen MR) is 97.3 cm³/mol. The lowest BCUT2D eigenvalue weighted by atomic mass is 9.95. The normalized spacial score (nSPS) is 22.0. The summed E-state index contributed by atoms with van der Waals surface area (Å²) < 4.78 is 6.25. The van der Waals surface area contributed by atoms with Gasteiger partial charge in [0.15, 0.2) is 6.23 Å². The maximum Gasteiger partial charge on any atom is 0.190 e. The Balaban J connectivity index is 1.70. The molecule has 0 aliphatic carbocycles. The number of hydrogen-bond donors (Lipinski definition) is 0. The lowest BCUT2D eigenvalue weighted by Crippen LogP contribution is -2.43. The molecule has 2 aliphatic rings. The molecule has 2 aromatic carbocycles. The van der Waals surface area contributed by atoms with Gasteiger partial charge in [0.25, 0.3) is 0 Å². The number of fused-ring (bicyclic) bond motifs is 3. The lowest BCUT2D eigenvalue weighted by Gasteiger charge is -2.39. The van der Waals surface area contributed by atoms with Crippen LogP contribution in [0.2, 0.25) is 0 Å². The van der Waals surface area contributed by atoms with Crippen molar-refractivity contribution in [3.63, 3.8) is 0 Å². The van der Waals surface area contributed by atoms with Crippen LogP contribution in [0.25, 0.3) is 0 Å². The number of nitrogens with zero attached hydrogens (tertiary/aromatic N) is 2. The largest absolute Gasteiger partial charge is 0.468 e. The quantitative estimate of drug-likeness (QED) is 0.813. The number of para-hydroxylation sites is 1. The molecule has 0 unspecified atom stereocenters. The summed E-state index contributed by atoms with van der Waals surface area (Å²) in [5, 5.41) is 7.14. The second-order valence-corrected chi connectivity index (χ2v) is 6.99. The van der Waals surface area contributed by atoms with Gasteiger partial charge in [0.1, 0.15) is 5.75 Å². The van der Waals surface area contributed by atoms with E-state index in [0.717, 1.165) is 24.3 Å². The van der Waals surface area contributed by atoms with Gasteiger partial charge >= 0.3 is 0 Å². The van der Waals surface area contributed by atoms with E-state index in [-0.39, 0.29) is 12.3 Å². The first kappa shape index (κ1) is 15.3. The number of rotatable bonds is 3. The second kappa shape index (κ2) is 5.97. The van der Waals surface area contributed by atoms with Crippen molar-refractivity contribution < 1.29 is 4.74 Å². The molecular formula is C21H24N2O. The van der Waals surface area contributed by atoms with E-state index < -0.39 is 0 Å². The van der Waals surface area contributed by atoms with Gasteiger partial charge in [-0.3, -0.25) is 0 Å². The molecule has 0 spiro atoms.